The van der Waals surface area contributed by atoms with Crippen LogP contribution in [0.25, 0.3) is 0 Å². The first-order valence-electron chi connectivity index (χ1n) is 2.14. The molecule has 0 fully saturated rings. The summed E-state index contributed by atoms with van der Waals surface area (Å²) in [4.78, 5) is 9.00. The summed E-state index contributed by atoms with van der Waals surface area (Å²) in [6.45, 7) is 0.750. The number of amidine groups is 1. The lowest BCUT2D eigenvalue weighted by molar-refractivity contribution is -0.134. The number of carboxylic acids is 1. The molecule has 0 aliphatic heterocycles. The number of carbonyl (C=O) groups is 1. The molecule has 5 heteroatoms. The van der Waals surface area contributed by atoms with Gasteiger partial charge in [0.1, 0.15) is 5.84 Å². The average Bonchev–Trinajstić information content (AvgIpc) is 1.65. The van der Waals surface area contributed by atoms with Crippen molar-refractivity contribution in [2.75, 3.05) is 6.61 Å². The van der Waals surface area contributed by atoms with E-state index in [1.54, 1.807) is 0 Å². The van der Waals surface area contributed by atoms with Gasteiger partial charge in [0.05, 0.1) is 6.61 Å². The summed E-state index contributed by atoms with van der Waals surface area (Å²) in [5.41, 5.74) is 4.62. The summed E-state index contributed by atoms with van der Waals surface area (Å²) in [5, 5.41) is 21.5. The van der Waals surface area contributed by atoms with Crippen LogP contribution in [0.4, 0.5) is 0 Å². The molecule has 0 aliphatic carbocycles. The van der Waals surface area contributed by atoms with Crippen LogP contribution in [0, 0.1) is 5.41 Å². The number of aliphatic hydroxyl groups excluding tert-OH is 1. The number of hydrogen-bond acceptors (Lipinski definition) is 3. The molecule has 54 valence electrons. The van der Waals surface area contributed by atoms with E-state index in [0.29, 0.717) is 0 Å². The van der Waals surface area contributed by atoms with Crippen LogP contribution >= 0.6 is 0 Å². The van der Waals surface area contributed by atoms with Crippen molar-refractivity contribution in [3.8, 4) is 0 Å². The van der Waals surface area contributed by atoms with Crippen molar-refractivity contribution in [3.05, 3.63) is 0 Å². The monoisotopic (exact) mass is 134 g/mol. The lowest BCUT2D eigenvalue weighted by Gasteiger charge is -1.78. The van der Waals surface area contributed by atoms with Crippen LogP contribution in [0.1, 0.15) is 6.92 Å². The number of hydrogen-bond donors (Lipinski definition) is 4. The molecule has 0 saturated heterocycles. The molecule has 0 saturated carbocycles. The van der Waals surface area contributed by atoms with Crippen molar-refractivity contribution in [2.45, 2.75) is 6.92 Å². The lowest BCUT2D eigenvalue weighted by atomic mass is 10.7. The molecule has 0 amide bonds. The van der Waals surface area contributed by atoms with Crippen LogP contribution in [-0.2, 0) is 4.79 Å². The zero-order chi connectivity index (χ0) is 7.86. The fourth-order valence-corrected chi connectivity index (χ4v) is 0. The van der Waals surface area contributed by atoms with E-state index in [9.17, 15) is 0 Å². The Bertz CT molecular complexity index is 98.0. The smallest absolute Gasteiger partial charge is 0.300 e. The van der Waals surface area contributed by atoms with Gasteiger partial charge in [-0.25, -0.2) is 0 Å². The summed E-state index contributed by atoms with van der Waals surface area (Å²) in [5.74, 6) is -1.02. The topological polar surface area (TPSA) is 107 Å². The Morgan fingerprint density at radius 3 is 1.89 bits per heavy atom. The highest BCUT2D eigenvalue weighted by molar-refractivity contribution is 5.77. The molecule has 0 aromatic rings. The first kappa shape index (κ1) is 10.8. The Morgan fingerprint density at radius 1 is 1.78 bits per heavy atom. The van der Waals surface area contributed by atoms with E-state index in [4.69, 9.17) is 20.4 Å². The molecule has 0 atom stereocenters. The van der Waals surface area contributed by atoms with E-state index < -0.39 is 5.97 Å². The molecule has 0 radical (unpaired) electrons. The highest BCUT2D eigenvalue weighted by Crippen LogP contribution is 1.44. The van der Waals surface area contributed by atoms with Gasteiger partial charge in [0, 0.05) is 6.92 Å². The van der Waals surface area contributed by atoms with Gasteiger partial charge in [-0.15, -0.1) is 0 Å². The van der Waals surface area contributed by atoms with Crippen molar-refractivity contribution in [1.29, 1.82) is 5.41 Å². The molecule has 5 nitrogen and oxygen atoms in total. The number of carboxylic acid groups (broad SMARTS) is 1. The maximum atomic E-state index is 9.00. The predicted octanol–water partition coefficient (Wildman–Crippen LogP) is -0.994. The minimum absolute atomic E-state index is 0.190. The fraction of sp³-hybridized carbons (Fsp3) is 0.500. The third kappa shape index (κ3) is 205. The van der Waals surface area contributed by atoms with E-state index in [-0.39, 0.29) is 12.4 Å². The molecule has 0 aromatic carbocycles. The molecule has 0 spiro atoms. The maximum Gasteiger partial charge on any atom is 0.300 e. The number of nitrogens with one attached hydrogen (secondary N) is 1. The van der Waals surface area contributed by atoms with Gasteiger partial charge >= 0.3 is 0 Å². The molecule has 5 N–H and O–H groups in total. The third-order valence-corrected chi connectivity index (χ3v) is 0.170. The second-order valence-corrected chi connectivity index (χ2v) is 1.20. The Balaban J connectivity index is 0. The summed E-state index contributed by atoms with van der Waals surface area (Å²) in [6, 6.07) is 0. The average molecular weight is 134 g/mol. The van der Waals surface area contributed by atoms with E-state index in [0.717, 1.165) is 6.92 Å². The zero-order valence-electron chi connectivity index (χ0n) is 5.09. The molecule has 0 aliphatic rings. The van der Waals surface area contributed by atoms with E-state index in [2.05, 4.69) is 5.73 Å². The van der Waals surface area contributed by atoms with Crippen LogP contribution < -0.4 is 5.73 Å². The number of rotatable bonds is 1. The Kier molecular flexibility index (Phi) is 8.28. The Morgan fingerprint density at radius 2 is 1.89 bits per heavy atom. The third-order valence-electron chi connectivity index (χ3n) is 0.170. The normalized spacial score (nSPS) is 6.89. The fourth-order valence-electron chi connectivity index (χ4n) is 0. The van der Waals surface area contributed by atoms with Gasteiger partial charge in [0.15, 0.2) is 0 Å². The van der Waals surface area contributed by atoms with Crippen LogP contribution in [0.3, 0.4) is 0 Å². The van der Waals surface area contributed by atoms with Crippen LogP contribution in [0.5, 0.6) is 0 Å². The summed E-state index contributed by atoms with van der Waals surface area (Å²) in [7, 11) is 0. The summed E-state index contributed by atoms with van der Waals surface area (Å²) >= 11 is 0. The van der Waals surface area contributed by atoms with Gasteiger partial charge < -0.3 is 15.9 Å². The molecule has 0 aromatic heterocycles. The van der Waals surface area contributed by atoms with Crippen LogP contribution in [0.2, 0.25) is 0 Å². The summed E-state index contributed by atoms with van der Waals surface area (Å²) < 4.78 is 0. The standard InChI is InChI=1S/C2H6N2O.C2H4O2/c3-2(4)1-5;1-2(3)4/h5H,1H2,(H3,3,4);1H3,(H,3,4). The van der Waals surface area contributed by atoms with Gasteiger partial charge in [-0.1, -0.05) is 0 Å². The van der Waals surface area contributed by atoms with Crippen molar-refractivity contribution in [3.63, 3.8) is 0 Å². The number of nitrogens with two attached hydrogens (primary N) is 1. The SMILES string of the molecule is CC(=O)O.N=C(N)CO. The maximum absolute atomic E-state index is 9.00. The Labute approximate surface area is 52.6 Å². The quantitative estimate of drug-likeness (QED) is 0.272. The minimum atomic E-state index is -0.833. The van der Waals surface area contributed by atoms with E-state index in [1.807, 2.05) is 0 Å². The highest BCUT2D eigenvalue weighted by atomic mass is 16.4. The first-order valence-corrected chi connectivity index (χ1v) is 2.14. The van der Waals surface area contributed by atoms with Crippen LogP contribution in [0.15, 0.2) is 0 Å². The van der Waals surface area contributed by atoms with Crippen LogP contribution in [-0.4, -0.2) is 28.6 Å². The molecular weight excluding hydrogens is 124 g/mol. The predicted molar refractivity (Wildman–Crippen MR) is 32.3 cm³/mol. The first-order chi connectivity index (χ1) is 4.00. The van der Waals surface area contributed by atoms with Crippen molar-refractivity contribution < 1.29 is 15.0 Å². The number of aliphatic hydroxyl groups is 1. The van der Waals surface area contributed by atoms with Crippen molar-refractivity contribution in [1.82, 2.24) is 0 Å². The number of aliphatic carboxylic acids is 1. The molecule has 0 heterocycles. The van der Waals surface area contributed by atoms with E-state index >= 15 is 0 Å². The molecule has 0 bridgehead atoms. The highest BCUT2D eigenvalue weighted by Gasteiger charge is 1.72. The van der Waals surface area contributed by atoms with Crippen molar-refractivity contribution >= 4 is 11.8 Å². The molecule has 0 unspecified atom stereocenters. The van der Waals surface area contributed by atoms with Gasteiger partial charge in [-0.2, -0.15) is 0 Å². The van der Waals surface area contributed by atoms with Crippen molar-refractivity contribution in [2.24, 2.45) is 5.73 Å². The van der Waals surface area contributed by atoms with Gasteiger partial charge in [-0.3, -0.25) is 10.2 Å². The summed E-state index contributed by atoms with van der Waals surface area (Å²) in [6.07, 6.45) is 0. The molecular formula is C4H10N2O3. The Hall–Kier alpha value is -1.10. The largest absolute Gasteiger partial charge is 0.481 e. The van der Waals surface area contributed by atoms with Gasteiger partial charge in [-0.05, 0) is 0 Å². The lowest BCUT2D eigenvalue weighted by Crippen LogP contribution is -2.13. The minimum Gasteiger partial charge on any atom is -0.481 e. The van der Waals surface area contributed by atoms with E-state index in [1.165, 1.54) is 0 Å². The molecule has 9 heavy (non-hydrogen) atoms. The van der Waals surface area contributed by atoms with Gasteiger partial charge in [0.2, 0.25) is 0 Å². The second-order valence-electron chi connectivity index (χ2n) is 1.20. The second kappa shape index (κ2) is 6.90. The zero-order valence-corrected chi connectivity index (χ0v) is 5.09. The van der Waals surface area contributed by atoms with Gasteiger partial charge in [0.25, 0.3) is 5.97 Å². The molecule has 0 rings (SSSR count).